The first-order valence-corrected chi connectivity index (χ1v) is 11.3. The predicted molar refractivity (Wildman–Crippen MR) is 111 cm³/mol. The summed E-state index contributed by atoms with van der Waals surface area (Å²) in [6, 6.07) is 12.8. The van der Waals surface area contributed by atoms with Crippen LogP contribution in [0.5, 0.6) is 0 Å². The number of sulfonamides is 1. The summed E-state index contributed by atoms with van der Waals surface area (Å²) in [5.41, 5.74) is 0.955. The number of nitrogens with zero attached hydrogens (tertiary/aromatic N) is 3. The minimum absolute atomic E-state index is 0.173. The van der Waals surface area contributed by atoms with E-state index in [0.29, 0.717) is 10.0 Å². The summed E-state index contributed by atoms with van der Waals surface area (Å²) in [6.07, 6.45) is 0.963. The average molecular weight is 455 g/mol. The Balaban J connectivity index is 1.69. The van der Waals surface area contributed by atoms with E-state index in [9.17, 15) is 17.6 Å². The van der Waals surface area contributed by atoms with Gasteiger partial charge in [-0.05, 0) is 18.2 Å². The largest absolute Gasteiger partial charge is 0.299 e. The van der Waals surface area contributed by atoms with Crippen LogP contribution in [0.25, 0.3) is 10.6 Å². The minimum atomic E-state index is -3.75. The fraction of sp³-hybridized carbons (Fsp3) is 0.167. The van der Waals surface area contributed by atoms with Gasteiger partial charge in [0.15, 0.2) is 0 Å². The van der Waals surface area contributed by atoms with Gasteiger partial charge < -0.3 is 0 Å². The second kappa shape index (κ2) is 8.95. The molecule has 1 heterocycles. The lowest BCUT2D eigenvalue weighted by Crippen LogP contribution is -2.37. The van der Waals surface area contributed by atoms with Crippen LogP contribution in [0.3, 0.4) is 0 Å². The lowest BCUT2D eigenvalue weighted by atomic mass is 10.2. The number of aromatic nitrogens is 2. The molecule has 0 atom stereocenters. The molecule has 11 heteroatoms. The summed E-state index contributed by atoms with van der Waals surface area (Å²) in [5, 5.41) is 11.8. The molecular weight excluding hydrogens is 439 g/mol. The Kier molecular flexibility index (Phi) is 6.58. The Morgan fingerprint density at radius 1 is 1.17 bits per heavy atom. The summed E-state index contributed by atoms with van der Waals surface area (Å²) in [5.74, 6) is -1.15. The fourth-order valence-electron chi connectivity index (χ4n) is 2.41. The van der Waals surface area contributed by atoms with Crippen molar-refractivity contribution in [3.05, 3.63) is 64.9 Å². The van der Waals surface area contributed by atoms with Gasteiger partial charge in [0.05, 0.1) is 12.8 Å². The number of anilines is 1. The summed E-state index contributed by atoms with van der Waals surface area (Å²) < 4.78 is 38.8. The van der Waals surface area contributed by atoms with E-state index in [1.165, 1.54) is 18.2 Å². The molecule has 0 bridgehead atoms. The molecule has 3 aromatic rings. The zero-order chi connectivity index (χ0) is 21.0. The molecule has 152 valence electrons. The van der Waals surface area contributed by atoms with E-state index in [1.54, 1.807) is 30.3 Å². The van der Waals surface area contributed by atoms with Crippen LogP contribution >= 0.6 is 22.9 Å². The highest BCUT2D eigenvalue weighted by Gasteiger charge is 2.22. The third kappa shape index (κ3) is 5.80. The van der Waals surface area contributed by atoms with Crippen molar-refractivity contribution in [1.29, 1.82) is 0 Å². The first kappa shape index (κ1) is 21.3. The van der Waals surface area contributed by atoms with E-state index >= 15 is 0 Å². The monoisotopic (exact) mass is 454 g/mol. The van der Waals surface area contributed by atoms with Crippen molar-refractivity contribution in [2.24, 2.45) is 0 Å². The maximum Gasteiger partial charge on any atom is 0.241 e. The van der Waals surface area contributed by atoms with Crippen LogP contribution in [0, 0.1) is 5.82 Å². The quantitative estimate of drug-likeness (QED) is 0.590. The highest BCUT2D eigenvalue weighted by Crippen LogP contribution is 2.27. The average Bonchev–Trinajstić information content (AvgIpc) is 3.11. The molecule has 2 aromatic carbocycles. The molecule has 0 aliphatic heterocycles. The lowest BCUT2D eigenvalue weighted by Gasteiger charge is -2.19. The summed E-state index contributed by atoms with van der Waals surface area (Å²) in [6.45, 7) is -0.742. The maximum absolute atomic E-state index is 13.9. The molecular formula is C18H16ClFN4O3S2. The molecule has 3 rings (SSSR count). The molecule has 1 amide bonds. The summed E-state index contributed by atoms with van der Waals surface area (Å²) in [7, 11) is -3.75. The van der Waals surface area contributed by atoms with Gasteiger partial charge in [0.25, 0.3) is 0 Å². The van der Waals surface area contributed by atoms with Crippen LogP contribution in [0.15, 0.2) is 48.5 Å². The van der Waals surface area contributed by atoms with Gasteiger partial charge in [-0.1, -0.05) is 53.3 Å². The zero-order valence-corrected chi connectivity index (χ0v) is 17.6. The maximum atomic E-state index is 13.9. The Morgan fingerprint density at radius 2 is 1.86 bits per heavy atom. The van der Waals surface area contributed by atoms with Crippen molar-refractivity contribution >= 4 is 44.0 Å². The second-order valence-electron chi connectivity index (χ2n) is 6.09. The third-order valence-electron chi connectivity index (χ3n) is 3.86. The van der Waals surface area contributed by atoms with Gasteiger partial charge in [-0.25, -0.2) is 12.8 Å². The van der Waals surface area contributed by atoms with Crippen molar-refractivity contribution in [3.63, 3.8) is 0 Å². The standard InChI is InChI=1S/C18H16ClFN4O3S2/c1-29(26,27)24(10-13-4-2-3-5-15(13)20)11-16(25)21-18-23-22-17(28-18)12-6-8-14(19)9-7-12/h2-9H,10-11H2,1H3,(H,21,23,25). The van der Waals surface area contributed by atoms with Crippen molar-refractivity contribution in [2.75, 3.05) is 18.1 Å². The number of nitrogens with one attached hydrogen (secondary N) is 1. The lowest BCUT2D eigenvalue weighted by molar-refractivity contribution is -0.116. The SMILES string of the molecule is CS(=O)(=O)N(CC(=O)Nc1nnc(-c2ccc(Cl)cc2)s1)Cc1ccccc1F. The fourth-order valence-corrected chi connectivity index (χ4v) is 4.03. The van der Waals surface area contributed by atoms with Crippen LogP contribution < -0.4 is 5.32 Å². The molecule has 0 saturated carbocycles. The number of hydrogen-bond acceptors (Lipinski definition) is 6. The molecule has 29 heavy (non-hydrogen) atoms. The molecule has 0 spiro atoms. The smallest absolute Gasteiger partial charge is 0.241 e. The number of carbonyl (C=O) groups excluding carboxylic acids is 1. The number of rotatable bonds is 7. The second-order valence-corrected chi connectivity index (χ2v) is 9.49. The number of benzene rings is 2. The normalized spacial score (nSPS) is 11.6. The van der Waals surface area contributed by atoms with E-state index in [2.05, 4.69) is 15.5 Å². The Hall–Kier alpha value is -2.40. The van der Waals surface area contributed by atoms with Gasteiger partial charge in [-0.2, -0.15) is 4.31 Å². The third-order valence-corrected chi connectivity index (χ3v) is 6.19. The van der Waals surface area contributed by atoms with Gasteiger partial charge in [0.1, 0.15) is 10.8 Å². The van der Waals surface area contributed by atoms with E-state index in [4.69, 9.17) is 11.6 Å². The van der Waals surface area contributed by atoms with Crippen molar-refractivity contribution in [1.82, 2.24) is 14.5 Å². The van der Waals surface area contributed by atoms with Gasteiger partial charge >= 0.3 is 0 Å². The number of carbonyl (C=O) groups is 1. The molecule has 0 radical (unpaired) electrons. The molecule has 0 aliphatic carbocycles. The van der Waals surface area contributed by atoms with Gasteiger partial charge in [-0.3, -0.25) is 10.1 Å². The molecule has 0 aliphatic rings. The van der Waals surface area contributed by atoms with Gasteiger partial charge in [0, 0.05) is 22.7 Å². The molecule has 0 fully saturated rings. The Morgan fingerprint density at radius 3 is 2.52 bits per heavy atom. The first-order chi connectivity index (χ1) is 13.7. The van der Waals surface area contributed by atoms with Crippen molar-refractivity contribution in [3.8, 4) is 10.6 Å². The van der Waals surface area contributed by atoms with Crippen LogP contribution in [-0.2, 0) is 21.4 Å². The number of amides is 1. The van der Waals surface area contributed by atoms with Crippen LogP contribution in [-0.4, -0.2) is 41.6 Å². The van der Waals surface area contributed by atoms with Crippen LogP contribution in [0.2, 0.25) is 5.02 Å². The number of hydrogen-bond donors (Lipinski definition) is 1. The Bertz CT molecular complexity index is 1120. The van der Waals surface area contributed by atoms with E-state index in [-0.39, 0.29) is 17.2 Å². The van der Waals surface area contributed by atoms with Crippen LogP contribution in [0.4, 0.5) is 9.52 Å². The zero-order valence-electron chi connectivity index (χ0n) is 15.2. The minimum Gasteiger partial charge on any atom is -0.299 e. The van der Waals surface area contributed by atoms with E-state index < -0.39 is 28.3 Å². The topological polar surface area (TPSA) is 92.3 Å². The number of halogens is 2. The highest BCUT2D eigenvalue weighted by atomic mass is 35.5. The van der Waals surface area contributed by atoms with Crippen molar-refractivity contribution < 1.29 is 17.6 Å². The highest BCUT2D eigenvalue weighted by molar-refractivity contribution is 7.88. The van der Waals surface area contributed by atoms with E-state index in [0.717, 1.165) is 27.5 Å². The Labute approximate surface area is 176 Å². The van der Waals surface area contributed by atoms with Gasteiger partial charge in [-0.15, -0.1) is 10.2 Å². The van der Waals surface area contributed by atoms with Crippen molar-refractivity contribution in [2.45, 2.75) is 6.54 Å². The molecule has 0 unspecified atom stereocenters. The molecule has 1 N–H and O–H groups in total. The van der Waals surface area contributed by atoms with Crippen LogP contribution in [0.1, 0.15) is 5.56 Å². The summed E-state index contributed by atoms with van der Waals surface area (Å²) in [4.78, 5) is 12.3. The summed E-state index contributed by atoms with van der Waals surface area (Å²) >= 11 is 7.00. The van der Waals surface area contributed by atoms with Gasteiger partial charge in [0.2, 0.25) is 21.1 Å². The molecule has 1 aromatic heterocycles. The van der Waals surface area contributed by atoms with E-state index in [1.807, 2.05) is 0 Å². The molecule has 7 nitrogen and oxygen atoms in total. The first-order valence-electron chi connectivity index (χ1n) is 8.30. The predicted octanol–water partition coefficient (Wildman–Crippen LogP) is 3.40. The molecule has 0 saturated heterocycles.